The lowest BCUT2D eigenvalue weighted by molar-refractivity contribution is -0.0171. The first kappa shape index (κ1) is 13.1. The smallest absolute Gasteiger partial charge is 0.140 e. The van der Waals surface area contributed by atoms with Crippen LogP contribution in [-0.4, -0.2) is 24.2 Å². The molecule has 2 atom stereocenters. The number of hydrogen-bond donors (Lipinski definition) is 0. The van der Waals surface area contributed by atoms with E-state index in [4.69, 9.17) is 10.00 Å². The number of morpholine rings is 1. The van der Waals surface area contributed by atoms with Crippen LogP contribution in [0.1, 0.15) is 24.3 Å². The highest BCUT2D eigenvalue weighted by Gasteiger charge is 2.27. The average Bonchev–Trinajstić information content (AvgIpc) is 3.01. The minimum Gasteiger partial charge on any atom is -0.367 e. The number of hydrogen-bond acceptors (Lipinski definition) is 5. The third kappa shape index (κ3) is 2.67. The molecule has 0 saturated carbocycles. The van der Waals surface area contributed by atoms with Crippen LogP contribution < -0.4 is 4.90 Å². The van der Waals surface area contributed by atoms with Crippen LogP contribution in [0.25, 0.3) is 0 Å². The number of anilines is 1. The Morgan fingerprint density at radius 1 is 1.40 bits per heavy atom. The molecule has 5 heteroatoms. The number of rotatable bonds is 2. The van der Waals surface area contributed by atoms with Crippen LogP contribution in [0, 0.1) is 11.3 Å². The maximum absolute atomic E-state index is 8.80. The molecule has 0 N–H and O–H groups in total. The van der Waals surface area contributed by atoms with Gasteiger partial charge in [-0.1, -0.05) is 0 Å². The van der Waals surface area contributed by atoms with Crippen molar-refractivity contribution >= 4 is 17.0 Å². The molecule has 102 valence electrons. The van der Waals surface area contributed by atoms with Gasteiger partial charge in [0.05, 0.1) is 18.0 Å². The first-order chi connectivity index (χ1) is 9.76. The van der Waals surface area contributed by atoms with Gasteiger partial charge >= 0.3 is 0 Å². The summed E-state index contributed by atoms with van der Waals surface area (Å²) in [5, 5.41) is 13.0. The van der Waals surface area contributed by atoms with Gasteiger partial charge in [0.15, 0.2) is 0 Å². The molecule has 1 saturated heterocycles. The van der Waals surface area contributed by atoms with Gasteiger partial charge in [0, 0.05) is 13.1 Å². The van der Waals surface area contributed by atoms with Gasteiger partial charge in [-0.15, -0.1) is 0 Å². The minimum absolute atomic E-state index is 0.0978. The number of nitriles is 1. The van der Waals surface area contributed by atoms with E-state index < -0.39 is 0 Å². The largest absolute Gasteiger partial charge is 0.367 e. The molecule has 2 aromatic rings. The van der Waals surface area contributed by atoms with Crippen LogP contribution in [0.4, 0.5) is 5.69 Å². The number of nitrogens with zero attached hydrogens (tertiary/aromatic N) is 3. The third-order valence-corrected chi connectivity index (χ3v) is 4.10. The zero-order valence-corrected chi connectivity index (χ0v) is 12.0. The van der Waals surface area contributed by atoms with Crippen molar-refractivity contribution in [2.24, 2.45) is 0 Å². The second-order valence-corrected chi connectivity index (χ2v) is 5.69. The molecule has 0 spiro atoms. The number of ether oxygens (including phenoxy) is 1. The summed E-state index contributed by atoms with van der Waals surface area (Å²) in [5.74, 6) is 0. The summed E-state index contributed by atoms with van der Waals surface area (Å²) in [6, 6.07) is 7.87. The lowest BCUT2D eigenvalue weighted by Gasteiger charge is -2.37. The zero-order valence-electron chi connectivity index (χ0n) is 11.2. The SMILES string of the molecule is C[C@@H]1CN(c2ccc(C#N)nc2)C[C@@H](c2ccsc2)O1. The van der Waals surface area contributed by atoms with Gasteiger partial charge in [0.25, 0.3) is 0 Å². The topological polar surface area (TPSA) is 49.2 Å². The highest BCUT2D eigenvalue weighted by atomic mass is 32.1. The van der Waals surface area contributed by atoms with Crippen LogP contribution in [0.2, 0.25) is 0 Å². The highest BCUT2D eigenvalue weighted by Crippen LogP contribution is 2.29. The Kier molecular flexibility index (Phi) is 3.68. The first-order valence-corrected chi connectivity index (χ1v) is 7.49. The van der Waals surface area contributed by atoms with Gasteiger partial charge in [0.2, 0.25) is 0 Å². The molecule has 0 bridgehead atoms. The van der Waals surface area contributed by atoms with E-state index in [1.54, 1.807) is 23.6 Å². The molecule has 0 aromatic carbocycles. The summed E-state index contributed by atoms with van der Waals surface area (Å²) < 4.78 is 6.02. The molecule has 3 heterocycles. The number of pyridine rings is 1. The quantitative estimate of drug-likeness (QED) is 0.851. The monoisotopic (exact) mass is 285 g/mol. The van der Waals surface area contributed by atoms with Crippen molar-refractivity contribution < 1.29 is 4.74 Å². The Labute approximate surface area is 122 Å². The zero-order chi connectivity index (χ0) is 13.9. The summed E-state index contributed by atoms with van der Waals surface area (Å²) in [5.41, 5.74) is 2.72. The third-order valence-electron chi connectivity index (χ3n) is 3.40. The molecule has 3 rings (SSSR count). The van der Waals surface area contributed by atoms with E-state index in [0.717, 1.165) is 18.8 Å². The second kappa shape index (κ2) is 5.61. The fourth-order valence-electron chi connectivity index (χ4n) is 2.44. The maximum atomic E-state index is 8.80. The molecule has 0 aliphatic carbocycles. The van der Waals surface area contributed by atoms with E-state index in [2.05, 4.69) is 33.6 Å². The molecule has 4 nitrogen and oxygen atoms in total. The van der Waals surface area contributed by atoms with Crippen LogP contribution in [0.3, 0.4) is 0 Å². The predicted octanol–water partition coefficient (Wildman–Crippen LogP) is 2.98. The van der Waals surface area contributed by atoms with Crippen LogP contribution in [0.15, 0.2) is 35.2 Å². The second-order valence-electron chi connectivity index (χ2n) is 4.91. The lowest BCUT2D eigenvalue weighted by atomic mass is 10.1. The Morgan fingerprint density at radius 2 is 2.30 bits per heavy atom. The van der Waals surface area contributed by atoms with Gasteiger partial charge in [-0.25, -0.2) is 4.98 Å². The highest BCUT2D eigenvalue weighted by molar-refractivity contribution is 7.07. The molecule has 1 aliphatic rings. The van der Waals surface area contributed by atoms with Crippen LogP contribution in [-0.2, 0) is 4.74 Å². The van der Waals surface area contributed by atoms with Gasteiger partial charge in [-0.05, 0) is 41.4 Å². The number of thiophene rings is 1. The molecule has 2 aromatic heterocycles. The maximum Gasteiger partial charge on any atom is 0.140 e. The van der Waals surface area contributed by atoms with E-state index >= 15 is 0 Å². The van der Waals surface area contributed by atoms with Crippen molar-refractivity contribution in [2.45, 2.75) is 19.1 Å². The van der Waals surface area contributed by atoms with Gasteiger partial charge in [0.1, 0.15) is 17.9 Å². The molecule has 1 fully saturated rings. The number of aromatic nitrogens is 1. The molecule has 1 aliphatic heterocycles. The lowest BCUT2D eigenvalue weighted by Crippen LogP contribution is -2.42. The van der Waals surface area contributed by atoms with E-state index in [-0.39, 0.29) is 12.2 Å². The summed E-state index contributed by atoms with van der Waals surface area (Å²) in [6.45, 7) is 3.74. The van der Waals surface area contributed by atoms with Gasteiger partial charge in [-0.3, -0.25) is 0 Å². The summed E-state index contributed by atoms with van der Waals surface area (Å²) in [4.78, 5) is 6.41. The van der Waals surface area contributed by atoms with E-state index in [1.807, 2.05) is 12.1 Å². The van der Waals surface area contributed by atoms with Crippen molar-refractivity contribution in [2.75, 3.05) is 18.0 Å². The Hall–Kier alpha value is -1.90. The minimum atomic E-state index is 0.0978. The average molecular weight is 285 g/mol. The van der Waals surface area contributed by atoms with Gasteiger partial charge in [-0.2, -0.15) is 16.6 Å². The fourth-order valence-corrected chi connectivity index (χ4v) is 3.15. The standard InChI is InChI=1S/C15H15N3OS/c1-11-8-18(14-3-2-13(6-16)17-7-14)9-15(19-11)12-4-5-20-10-12/h2-5,7,10-11,15H,8-9H2,1H3/t11-,15+/m1/s1. The predicted molar refractivity (Wildman–Crippen MR) is 78.8 cm³/mol. The molecular weight excluding hydrogens is 270 g/mol. The summed E-state index contributed by atoms with van der Waals surface area (Å²) in [6.07, 6.45) is 2.03. The fraction of sp³-hybridized carbons (Fsp3) is 0.333. The summed E-state index contributed by atoms with van der Waals surface area (Å²) >= 11 is 1.69. The van der Waals surface area contributed by atoms with E-state index in [1.165, 1.54) is 5.56 Å². The van der Waals surface area contributed by atoms with Crippen molar-refractivity contribution in [1.82, 2.24) is 4.98 Å². The van der Waals surface area contributed by atoms with Crippen molar-refractivity contribution in [3.8, 4) is 6.07 Å². The van der Waals surface area contributed by atoms with Crippen LogP contribution >= 0.6 is 11.3 Å². The van der Waals surface area contributed by atoms with Crippen LogP contribution in [0.5, 0.6) is 0 Å². The molecule has 0 radical (unpaired) electrons. The molecule has 20 heavy (non-hydrogen) atoms. The van der Waals surface area contributed by atoms with E-state index in [0.29, 0.717) is 5.69 Å². The van der Waals surface area contributed by atoms with Crippen molar-refractivity contribution in [3.05, 3.63) is 46.4 Å². The van der Waals surface area contributed by atoms with E-state index in [9.17, 15) is 0 Å². The summed E-state index contributed by atoms with van der Waals surface area (Å²) in [7, 11) is 0. The van der Waals surface area contributed by atoms with Crippen molar-refractivity contribution in [1.29, 1.82) is 5.26 Å². The Balaban J connectivity index is 1.80. The Bertz CT molecular complexity index is 603. The first-order valence-electron chi connectivity index (χ1n) is 6.55. The molecular formula is C15H15N3OS. The van der Waals surface area contributed by atoms with Crippen molar-refractivity contribution in [3.63, 3.8) is 0 Å². The molecule has 0 amide bonds. The Morgan fingerprint density at radius 3 is 2.95 bits per heavy atom. The normalized spacial score (nSPS) is 22.5. The molecule has 0 unspecified atom stereocenters. The van der Waals surface area contributed by atoms with Gasteiger partial charge < -0.3 is 9.64 Å².